The Balaban J connectivity index is 3.18. The minimum Gasteiger partial charge on any atom is -0.496 e. The third-order valence-corrected chi connectivity index (χ3v) is 2.85. The Kier molecular flexibility index (Phi) is 4.69. The molecule has 2 nitrogen and oxygen atoms in total. The lowest BCUT2D eigenvalue weighted by Crippen LogP contribution is -2.02. The fraction of sp³-hybridized carbons (Fsp3) is 0.417. The first-order valence-corrected chi connectivity index (χ1v) is 6.21. The zero-order chi connectivity index (χ0) is 11.3. The molecule has 15 heavy (non-hydrogen) atoms. The van der Waals surface area contributed by atoms with Crippen molar-refractivity contribution in [1.82, 2.24) is 0 Å². The van der Waals surface area contributed by atoms with E-state index in [0.717, 1.165) is 29.7 Å². The minimum atomic E-state index is 0.109. The highest BCUT2D eigenvalue weighted by molar-refractivity contribution is 8.13. The molecule has 1 rings (SSSR count). The van der Waals surface area contributed by atoms with Crippen molar-refractivity contribution in [3.05, 3.63) is 29.3 Å². The Morgan fingerprint density at radius 1 is 1.47 bits per heavy atom. The van der Waals surface area contributed by atoms with Crippen molar-refractivity contribution < 1.29 is 9.53 Å². The lowest BCUT2D eigenvalue weighted by atomic mass is 10.0. The van der Waals surface area contributed by atoms with Crippen molar-refractivity contribution in [2.45, 2.75) is 19.8 Å². The molecule has 0 atom stereocenters. The van der Waals surface area contributed by atoms with Gasteiger partial charge in [0.2, 0.25) is 5.12 Å². The van der Waals surface area contributed by atoms with E-state index in [2.05, 4.69) is 6.92 Å². The molecular formula is C12H16O2S. The number of ether oxygens (including phenoxy) is 1. The highest BCUT2D eigenvalue weighted by atomic mass is 32.2. The van der Waals surface area contributed by atoms with Crippen LogP contribution in [0.1, 0.15) is 29.3 Å². The molecule has 0 aliphatic heterocycles. The van der Waals surface area contributed by atoms with E-state index in [1.807, 2.05) is 18.2 Å². The van der Waals surface area contributed by atoms with Crippen LogP contribution in [-0.2, 0) is 6.42 Å². The van der Waals surface area contributed by atoms with Gasteiger partial charge in [-0.15, -0.1) is 0 Å². The molecule has 0 saturated heterocycles. The molecule has 0 unspecified atom stereocenters. The number of methoxy groups -OCH3 is 1. The van der Waals surface area contributed by atoms with Crippen LogP contribution in [0.5, 0.6) is 5.75 Å². The molecule has 0 amide bonds. The quantitative estimate of drug-likeness (QED) is 0.786. The van der Waals surface area contributed by atoms with E-state index in [-0.39, 0.29) is 5.12 Å². The summed E-state index contributed by atoms with van der Waals surface area (Å²) in [6, 6.07) is 5.63. The van der Waals surface area contributed by atoms with E-state index in [1.54, 1.807) is 13.4 Å². The molecule has 0 radical (unpaired) electrons. The van der Waals surface area contributed by atoms with Gasteiger partial charge in [-0.1, -0.05) is 31.2 Å². The van der Waals surface area contributed by atoms with E-state index < -0.39 is 0 Å². The number of carbonyl (C=O) groups is 1. The zero-order valence-corrected chi connectivity index (χ0v) is 10.2. The van der Waals surface area contributed by atoms with Gasteiger partial charge in [0.15, 0.2) is 0 Å². The number of carbonyl (C=O) groups excluding carboxylic acids is 1. The molecule has 0 saturated carbocycles. The number of rotatable bonds is 4. The molecule has 0 aliphatic rings. The Morgan fingerprint density at radius 2 is 2.20 bits per heavy atom. The average molecular weight is 224 g/mol. The monoisotopic (exact) mass is 224 g/mol. The van der Waals surface area contributed by atoms with E-state index >= 15 is 0 Å². The van der Waals surface area contributed by atoms with Crippen LogP contribution in [0.15, 0.2) is 18.2 Å². The second-order valence-electron chi connectivity index (χ2n) is 3.23. The predicted octanol–water partition coefficient (Wildman–Crippen LogP) is 3.15. The summed E-state index contributed by atoms with van der Waals surface area (Å²) in [4.78, 5) is 11.7. The first-order chi connectivity index (χ1) is 7.24. The largest absolute Gasteiger partial charge is 0.496 e. The van der Waals surface area contributed by atoms with E-state index in [4.69, 9.17) is 4.74 Å². The third-order valence-electron chi connectivity index (χ3n) is 2.26. The molecule has 0 aromatic heterocycles. The van der Waals surface area contributed by atoms with E-state index in [0.29, 0.717) is 0 Å². The summed E-state index contributed by atoms with van der Waals surface area (Å²) in [5.41, 5.74) is 1.81. The topological polar surface area (TPSA) is 26.3 Å². The van der Waals surface area contributed by atoms with Gasteiger partial charge in [0.05, 0.1) is 7.11 Å². The molecule has 0 N–H and O–H groups in total. The second kappa shape index (κ2) is 5.81. The van der Waals surface area contributed by atoms with Crippen LogP contribution in [0.2, 0.25) is 0 Å². The van der Waals surface area contributed by atoms with Crippen LogP contribution in [0.25, 0.3) is 0 Å². The normalized spacial score (nSPS) is 10.1. The minimum absolute atomic E-state index is 0.109. The van der Waals surface area contributed by atoms with E-state index in [1.165, 1.54) is 11.8 Å². The first-order valence-electron chi connectivity index (χ1n) is 4.98. The molecular weight excluding hydrogens is 208 g/mol. The standard InChI is InChI=1S/C12H16O2S/c1-4-6-9-10(12(13)15-3)7-5-8-11(9)14-2/h5,7-8H,4,6H2,1-3H3. The summed E-state index contributed by atoms with van der Waals surface area (Å²) < 4.78 is 5.27. The molecule has 82 valence electrons. The Labute approximate surface area is 95.0 Å². The third kappa shape index (κ3) is 2.75. The van der Waals surface area contributed by atoms with Gasteiger partial charge in [-0.25, -0.2) is 0 Å². The van der Waals surface area contributed by atoms with Gasteiger partial charge in [-0.05, 0) is 24.8 Å². The van der Waals surface area contributed by atoms with Crippen LogP contribution in [0.4, 0.5) is 0 Å². The van der Waals surface area contributed by atoms with Gasteiger partial charge in [0.25, 0.3) is 0 Å². The van der Waals surface area contributed by atoms with Crippen LogP contribution < -0.4 is 4.74 Å². The molecule has 0 bridgehead atoms. The molecule has 1 aromatic carbocycles. The molecule has 0 aliphatic carbocycles. The van der Waals surface area contributed by atoms with Crippen molar-refractivity contribution in [1.29, 1.82) is 0 Å². The average Bonchev–Trinajstić information content (AvgIpc) is 2.28. The Morgan fingerprint density at radius 3 is 2.73 bits per heavy atom. The fourth-order valence-electron chi connectivity index (χ4n) is 1.57. The lowest BCUT2D eigenvalue weighted by molar-refractivity contribution is 0.108. The lowest BCUT2D eigenvalue weighted by Gasteiger charge is -2.11. The summed E-state index contributed by atoms with van der Waals surface area (Å²) in [5, 5.41) is 0.109. The van der Waals surface area contributed by atoms with Gasteiger partial charge in [-0.2, -0.15) is 0 Å². The fourth-order valence-corrected chi connectivity index (χ4v) is 1.98. The van der Waals surface area contributed by atoms with Crippen molar-refractivity contribution in [3.63, 3.8) is 0 Å². The summed E-state index contributed by atoms with van der Waals surface area (Å²) in [7, 11) is 1.64. The number of thioether (sulfide) groups is 1. The number of hydrogen-bond acceptors (Lipinski definition) is 3. The Bertz CT molecular complexity index is 347. The highest BCUT2D eigenvalue weighted by Gasteiger charge is 2.13. The maximum absolute atomic E-state index is 11.7. The van der Waals surface area contributed by atoms with Crippen molar-refractivity contribution in [2.24, 2.45) is 0 Å². The summed E-state index contributed by atoms with van der Waals surface area (Å²) in [6.07, 6.45) is 3.69. The SMILES string of the molecule is CCCc1c(OC)cccc1C(=O)SC. The summed E-state index contributed by atoms with van der Waals surface area (Å²) in [6.45, 7) is 2.10. The molecule has 0 heterocycles. The van der Waals surface area contributed by atoms with Gasteiger partial charge < -0.3 is 4.74 Å². The van der Waals surface area contributed by atoms with Crippen molar-refractivity contribution in [2.75, 3.05) is 13.4 Å². The first kappa shape index (κ1) is 12.1. The maximum Gasteiger partial charge on any atom is 0.219 e. The summed E-state index contributed by atoms with van der Waals surface area (Å²) >= 11 is 1.24. The maximum atomic E-state index is 11.7. The van der Waals surface area contributed by atoms with Crippen LogP contribution >= 0.6 is 11.8 Å². The summed E-state index contributed by atoms with van der Waals surface area (Å²) in [5.74, 6) is 0.816. The van der Waals surface area contributed by atoms with Crippen LogP contribution in [0.3, 0.4) is 0 Å². The van der Waals surface area contributed by atoms with Crippen LogP contribution in [0, 0.1) is 0 Å². The van der Waals surface area contributed by atoms with Gasteiger partial charge >= 0.3 is 0 Å². The second-order valence-corrected chi connectivity index (χ2v) is 4.01. The number of hydrogen-bond donors (Lipinski definition) is 0. The number of benzene rings is 1. The molecule has 0 fully saturated rings. The van der Waals surface area contributed by atoms with Gasteiger partial charge in [0, 0.05) is 11.1 Å². The highest BCUT2D eigenvalue weighted by Crippen LogP contribution is 2.26. The zero-order valence-electron chi connectivity index (χ0n) is 9.37. The Hall–Kier alpha value is -0.960. The molecule has 1 aromatic rings. The predicted molar refractivity (Wildman–Crippen MR) is 64.8 cm³/mol. The van der Waals surface area contributed by atoms with E-state index in [9.17, 15) is 4.79 Å². The molecule has 3 heteroatoms. The van der Waals surface area contributed by atoms with Gasteiger partial charge in [-0.3, -0.25) is 4.79 Å². The molecule has 0 spiro atoms. The van der Waals surface area contributed by atoms with Crippen molar-refractivity contribution in [3.8, 4) is 5.75 Å². The van der Waals surface area contributed by atoms with Crippen LogP contribution in [-0.4, -0.2) is 18.5 Å². The smallest absolute Gasteiger partial charge is 0.219 e. The van der Waals surface area contributed by atoms with Gasteiger partial charge in [0.1, 0.15) is 5.75 Å². The van der Waals surface area contributed by atoms with Crippen molar-refractivity contribution >= 4 is 16.9 Å².